The van der Waals surface area contributed by atoms with Crippen LogP contribution in [-0.2, 0) is 14.8 Å². The Labute approximate surface area is 165 Å². The fourth-order valence-electron chi connectivity index (χ4n) is 4.06. The lowest BCUT2D eigenvalue weighted by Gasteiger charge is -2.30. The lowest BCUT2D eigenvalue weighted by molar-refractivity contribution is -0.116. The number of hydrogen-bond acceptors (Lipinski definition) is 4. The van der Waals surface area contributed by atoms with E-state index < -0.39 is 10.0 Å². The molecule has 0 radical (unpaired) electrons. The first kappa shape index (κ1) is 19.0. The van der Waals surface area contributed by atoms with Gasteiger partial charge in [0.25, 0.3) is 0 Å². The van der Waals surface area contributed by atoms with E-state index in [1.807, 2.05) is 25.1 Å². The van der Waals surface area contributed by atoms with Gasteiger partial charge in [0, 0.05) is 19.5 Å². The van der Waals surface area contributed by atoms with Gasteiger partial charge in [0.1, 0.15) is 12.4 Å². The maximum Gasteiger partial charge on any atom is 0.243 e. The lowest BCUT2D eigenvalue weighted by atomic mass is 10.0. The highest BCUT2D eigenvalue weighted by molar-refractivity contribution is 7.89. The third-order valence-electron chi connectivity index (χ3n) is 5.41. The van der Waals surface area contributed by atoms with Crippen molar-refractivity contribution in [3.63, 3.8) is 0 Å². The second kappa shape index (κ2) is 7.22. The van der Waals surface area contributed by atoms with E-state index in [1.54, 1.807) is 27.4 Å². The molecule has 2 aromatic carbocycles. The van der Waals surface area contributed by atoms with Gasteiger partial charge in [-0.3, -0.25) is 4.79 Å². The molecule has 28 heavy (non-hydrogen) atoms. The van der Waals surface area contributed by atoms with Crippen LogP contribution in [0.25, 0.3) is 0 Å². The molecule has 2 aliphatic heterocycles. The molecule has 0 saturated carbocycles. The van der Waals surface area contributed by atoms with Crippen LogP contribution in [-0.4, -0.2) is 38.3 Å². The highest BCUT2D eigenvalue weighted by Gasteiger charge is 2.37. The Balaban J connectivity index is 1.69. The minimum absolute atomic E-state index is 0.0841. The summed E-state index contributed by atoms with van der Waals surface area (Å²) in [4.78, 5) is 13.6. The largest absolute Gasteiger partial charge is 0.489 e. The van der Waals surface area contributed by atoms with Crippen LogP contribution in [0.1, 0.15) is 36.9 Å². The van der Waals surface area contributed by atoms with Crippen molar-refractivity contribution in [1.29, 1.82) is 0 Å². The fourth-order valence-corrected chi connectivity index (χ4v) is 5.76. The highest BCUT2D eigenvalue weighted by atomic mass is 32.2. The molecule has 148 valence electrons. The number of anilines is 1. The minimum atomic E-state index is -3.67. The third kappa shape index (κ3) is 3.29. The van der Waals surface area contributed by atoms with Crippen molar-refractivity contribution in [2.75, 3.05) is 24.6 Å². The summed E-state index contributed by atoms with van der Waals surface area (Å²) in [6.45, 7) is 4.83. The second-order valence-corrected chi connectivity index (χ2v) is 9.23. The molecule has 0 N–H and O–H groups in total. The van der Waals surface area contributed by atoms with E-state index in [0.717, 1.165) is 24.0 Å². The van der Waals surface area contributed by atoms with Gasteiger partial charge in [-0.25, -0.2) is 8.42 Å². The summed E-state index contributed by atoms with van der Waals surface area (Å²) >= 11 is 0. The number of carbonyl (C=O) groups is 1. The number of fused-ring (bicyclic) bond motifs is 1. The van der Waals surface area contributed by atoms with Gasteiger partial charge in [-0.2, -0.15) is 4.31 Å². The molecular formula is C21H24N2O4S. The predicted octanol–water partition coefficient (Wildman–Crippen LogP) is 3.27. The van der Waals surface area contributed by atoms with Crippen LogP contribution in [0.3, 0.4) is 0 Å². The van der Waals surface area contributed by atoms with E-state index in [9.17, 15) is 13.2 Å². The summed E-state index contributed by atoms with van der Waals surface area (Å²) in [6, 6.07) is 12.7. The van der Waals surface area contributed by atoms with Gasteiger partial charge in [-0.15, -0.1) is 0 Å². The first-order valence-corrected chi connectivity index (χ1v) is 11.0. The number of ether oxygens (including phenoxy) is 1. The number of rotatable bonds is 3. The molecule has 0 aromatic heterocycles. The van der Waals surface area contributed by atoms with Crippen molar-refractivity contribution in [3.8, 4) is 5.75 Å². The minimum Gasteiger partial charge on any atom is -0.489 e. The van der Waals surface area contributed by atoms with E-state index in [4.69, 9.17) is 4.74 Å². The summed E-state index contributed by atoms with van der Waals surface area (Å²) in [7, 11) is -3.67. The Morgan fingerprint density at radius 1 is 1.14 bits per heavy atom. The smallest absolute Gasteiger partial charge is 0.243 e. The monoisotopic (exact) mass is 400 g/mol. The number of benzene rings is 2. The molecule has 1 fully saturated rings. The topological polar surface area (TPSA) is 66.9 Å². The number of nitrogens with zero attached hydrogens (tertiary/aromatic N) is 2. The molecule has 1 saturated heterocycles. The molecule has 0 aliphatic carbocycles. The van der Waals surface area contributed by atoms with Gasteiger partial charge >= 0.3 is 0 Å². The van der Waals surface area contributed by atoms with Crippen molar-refractivity contribution < 1.29 is 17.9 Å². The summed E-state index contributed by atoms with van der Waals surface area (Å²) < 4.78 is 34.0. The number of sulfonamides is 1. The zero-order valence-electron chi connectivity index (χ0n) is 16.1. The van der Waals surface area contributed by atoms with Crippen LogP contribution in [0.2, 0.25) is 0 Å². The molecule has 7 heteroatoms. The molecule has 1 amide bonds. The Hall–Kier alpha value is -2.38. The molecule has 6 nitrogen and oxygen atoms in total. The number of hydrogen-bond donors (Lipinski definition) is 0. The van der Waals surface area contributed by atoms with Crippen LogP contribution in [0.15, 0.2) is 47.4 Å². The summed E-state index contributed by atoms with van der Waals surface area (Å²) in [5.41, 5.74) is 2.76. The lowest BCUT2D eigenvalue weighted by Crippen LogP contribution is -2.36. The molecule has 0 unspecified atom stereocenters. The zero-order chi connectivity index (χ0) is 19.9. The quantitative estimate of drug-likeness (QED) is 0.793. The van der Waals surface area contributed by atoms with E-state index in [1.165, 1.54) is 6.92 Å². The van der Waals surface area contributed by atoms with Crippen LogP contribution >= 0.6 is 0 Å². The first-order chi connectivity index (χ1) is 13.4. The number of aryl methyl sites for hydroxylation is 1. The molecule has 0 spiro atoms. The second-order valence-electron chi connectivity index (χ2n) is 7.34. The van der Waals surface area contributed by atoms with E-state index in [-0.39, 0.29) is 16.8 Å². The maximum atomic E-state index is 13.4. The van der Waals surface area contributed by atoms with E-state index >= 15 is 0 Å². The standard InChI is InChI=1S/C21H24N2O4S/c1-15-5-3-6-17(13-15)19-7-4-10-23(19)28(25,26)18-8-9-20-21(14-18)27-12-11-22(20)16(2)24/h3,5-6,8-9,13-14,19H,4,7,10-12H2,1-2H3/t19-/m0/s1. The Bertz CT molecular complexity index is 1020. The average molecular weight is 401 g/mol. The van der Waals surface area contributed by atoms with Crippen molar-refractivity contribution >= 4 is 21.6 Å². The van der Waals surface area contributed by atoms with Crippen molar-refractivity contribution in [2.24, 2.45) is 0 Å². The van der Waals surface area contributed by atoms with Gasteiger partial charge in [-0.1, -0.05) is 29.8 Å². The first-order valence-electron chi connectivity index (χ1n) is 9.51. The zero-order valence-corrected chi connectivity index (χ0v) is 16.9. The summed E-state index contributed by atoms with van der Waals surface area (Å²) in [5, 5.41) is 0. The SMILES string of the molecule is CC(=O)N1CCOc2cc(S(=O)(=O)N3CCC[C@H]3c3cccc(C)c3)ccc21. The van der Waals surface area contributed by atoms with Crippen molar-refractivity contribution in [1.82, 2.24) is 4.31 Å². The van der Waals surface area contributed by atoms with Crippen LogP contribution in [0.4, 0.5) is 5.69 Å². The Morgan fingerprint density at radius 3 is 2.71 bits per heavy atom. The van der Waals surface area contributed by atoms with Crippen LogP contribution in [0, 0.1) is 6.92 Å². The molecule has 0 bridgehead atoms. The maximum absolute atomic E-state index is 13.4. The van der Waals surface area contributed by atoms with Gasteiger partial charge < -0.3 is 9.64 Å². The van der Waals surface area contributed by atoms with Crippen LogP contribution < -0.4 is 9.64 Å². The van der Waals surface area contributed by atoms with Gasteiger partial charge in [0.05, 0.1) is 23.2 Å². The number of carbonyl (C=O) groups excluding carboxylic acids is 1. The molecule has 2 heterocycles. The number of amides is 1. The Kier molecular flexibility index (Phi) is 4.89. The van der Waals surface area contributed by atoms with E-state index in [2.05, 4.69) is 6.07 Å². The Morgan fingerprint density at radius 2 is 1.96 bits per heavy atom. The van der Waals surface area contributed by atoms with Crippen LogP contribution in [0.5, 0.6) is 5.75 Å². The van der Waals surface area contributed by atoms with Crippen molar-refractivity contribution in [3.05, 3.63) is 53.6 Å². The third-order valence-corrected chi connectivity index (χ3v) is 7.32. The average Bonchev–Trinajstić information content (AvgIpc) is 3.17. The molecule has 4 rings (SSSR count). The molecule has 2 aliphatic rings. The van der Waals surface area contributed by atoms with Crippen molar-refractivity contribution in [2.45, 2.75) is 37.6 Å². The summed E-state index contributed by atoms with van der Waals surface area (Å²) in [6.07, 6.45) is 1.64. The van der Waals surface area contributed by atoms with Gasteiger partial charge in [0.2, 0.25) is 15.9 Å². The predicted molar refractivity (Wildman–Crippen MR) is 107 cm³/mol. The van der Waals surface area contributed by atoms with E-state index in [0.29, 0.717) is 31.1 Å². The molecule has 1 atom stereocenters. The molecular weight excluding hydrogens is 376 g/mol. The molecule has 2 aromatic rings. The normalized spacial score (nSPS) is 19.9. The van der Waals surface area contributed by atoms with Gasteiger partial charge in [-0.05, 0) is 37.5 Å². The summed E-state index contributed by atoms with van der Waals surface area (Å²) in [5.74, 6) is 0.355. The highest BCUT2D eigenvalue weighted by Crippen LogP contribution is 2.39. The van der Waals surface area contributed by atoms with Gasteiger partial charge in [0.15, 0.2) is 0 Å². The fraction of sp³-hybridized carbons (Fsp3) is 0.381.